The molecule has 2 rings (SSSR count). The highest BCUT2D eigenvalue weighted by Crippen LogP contribution is 2.44. The Kier molecular flexibility index (Phi) is 3.20. The van der Waals surface area contributed by atoms with E-state index in [2.05, 4.69) is 0 Å². The Labute approximate surface area is 113 Å². The van der Waals surface area contributed by atoms with E-state index in [4.69, 9.17) is 4.55 Å². The minimum absolute atomic E-state index is 0.258. The van der Waals surface area contributed by atoms with Crippen LogP contribution in [-0.2, 0) is 10.1 Å². The first-order chi connectivity index (χ1) is 9.21. The number of aromatic hydroxyl groups is 4. The second-order valence-electron chi connectivity index (χ2n) is 3.98. The van der Waals surface area contributed by atoms with Crippen molar-refractivity contribution in [3.63, 3.8) is 0 Å². The van der Waals surface area contributed by atoms with Crippen LogP contribution in [0.1, 0.15) is 0 Å². The van der Waals surface area contributed by atoms with Gasteiger partial charge >= 0.3 is 0 Å². The molecule has 0 radical (unpaired) electrons. The Bertz CT molecular complexity index is 781. The third-order valence-corrected chi connectivity index (χ3v) is 3.55. The van der Waals surface area contributed by atoms with Gasteiger partial charge in [0.25, 0.3) is 10.1 Å². The maximum absolute atomic E-state index is 11.3. The van der Waals surface area contributed by atoms with Crippen molar-refractivity contribution in [1.29, 1.82) is 0 Å². The fourth-order valence-corrected chi connectivity index (χ4v) is 2.61. The highest BCUT2D eigenvalue weighted by molar-refractivity contribution is 7.86. The Balaban J connectivity index is 2.94. The quantitative estimate of drug-likeness (QED) is 0.418. The highest BCUT2D eigenvalue weighted by Gasteiger charge is 2.26. The minimum atomic E-state index is -4.87. The second-order valence-corrected chi connectivity index (χ2v) is 5.34. The third-order valence-electron chi connectivity index (χ3n) is 2.62. The molecule has 0 aromatic heterocycles. The zero-order valence-corrected chi connectivity index (χ0v) is 10.7. The van der Waals surface area contributed by atoms with Crippen LogP contribution in [0.4, 0.5) is 0 Å². The van der Waals surface area contributed by atoms with Crippen LogP contribution >= 0.6 is 0 Å². The molecule has 106 valence electrons. The van der Waals surface area contributed by atoms with Gasteiger partial charge in [-0.15, -0.1) is 0 Å². The number of hydrogen-bond acceptors (Lipinski definition) is 6. The molecule has 7 nitrogen and oxygen atoms in total. The second kappa shape index (κ2) is 4.58. The van der Waals surface area contributed by atoms with E-state index < -0.39 is 37.8 Å². The van der Waals surface area contributed by atoms with Crippen LogP contribution in [0.2, 0.25) is 0 Å². The lowest BCUT2D eigenvalue weighted by Gasteiger charge is -2.12. The third kappa shape index (κ3) is 2.33. The van der Waals surface area contributed by atoms with Crippen molar-refractivity contribution in [3.8, 4) is 34.1 Å². The Morgan fingerprint density at radius 1 is 0.800 bits per heavy atom. The molecule has 2 aromatic rings. The summed E-state index contributed by atoms with van der Waals surface area (Å²) in [5.74, 6) is -2.16. The zero-order valence-electron chi connectivity index (χ0n) is 9.85. The number of phenols is 4. The Morgan fingerprint density at radius 3 is 1.95 bits per heavy atom. The number of rotatable bonds is 2. The molecular weight excluding hydrogens is 288 g/mol. The number of hydrogen-bond donors (Lipinski definition) is 5. The van der Waals surface area contributed by atoms with Gasteiger partial charge < -0.3 is 20.4 Å². The molecular formula is C12H10O7S. The first-order valence-corrected chi connectivity index (χ1v) is 6.70. The fraction of sp³-hybridized carbons (Fsp3) is 0. The van der Waals surface area contributed by atoms with Gasteiger partial charge in [0.15, 0.2) is 0 Å². The average molecular weight is 298 g/mol. The SMILES string of the molecule is O=S(=O)(O)c1c(O)ccc(O)c1-c1cc(O)ccc1O. The number of phenolic OH excluding ortho intramolecular Hbond substituents is 4. The van der Waals surface area contributed by atoms with Crippen molar-refractivity contribution in [1.82, 2.24) is 0 Å². The molecule has 0 atom stereocenters. The van der Waals surface area contributed by atoms with Gasteiger partial charge in [-0.3, -0.25) is 4.55 Å². The largest absolute Gasteiger partial charge is 0.508 e. The maximum Gasteiger partial charge on any atom is 0.298 e. The lowest BCUT2D eigenvalue weighted by Crippen LogP contribution is -2.02. The van der Waals surface area contributed by atoms with E-state index in [1.54, 1.807) is 0 Å². The molecule has 0 saturated carbocycles. The van der Waals surface area contributed by atoms with Crippen LogP contribution in [0, 0.1) is 0 Å². The average Bonchev–Trinajstić information content (AvgIpc) is 2.33. The predicted molar refractivity (Wildman–Crippen MR) is 68.4 cm³/mol. The van der Waals surface area contributed by atoms with Crippen LogP contribution in [-0.4, -0.2) is 33.4 Å². The number of benzene rings is 2. The standard InChI is InChI=1S/C12H10O7S/c13-6-1-2-8(14)7(5-6)11-9(15)3-4-10(16)12(11)20(17,18)19/h1-5,13-16H,(H,17,18,19). The molecule has 0 heterocycles. The van der Waals surface area contributed by atoms with E-state index in [0.29, 0.717) is 0 Å². The van der Waals surface area contributed by atoms with Crippen LogP contribution in [0.15, 0.2) is 35.2 Å². The van der Waals surface area contributed by atoms with Crippen molar-refractivity contribution < 1.29 is 33.4 Å². The van der Waals surface area contributed by atoms with Gasteiger partial charge in [0.05, 0.1) is 5.56 Å². The topological polar surface area (TPSA) is 135 Å². The predicted octanol–water partition coefficient (Wildman–Crippen LogP) is 1.42. The molecule has 0 spiro atoms. The summed E-state index contributed by atoms with van der Waals surface area (Å²) in [6, 6.07) is 5.07. The van der Waals surface area contributed by atoms with E-state index in [0.717, 1.165) is 30.3 Å². The summed E-state index contributed by atoms with van der Waals surface area (Å²) in [6.45, 7) is 0. The van der Waals surface area contributed by atoms with Crippen LogP contribution < -0.4 is 0 Å². The lowest BCUT2D eigenvalue weighted by molar-refractivity contribution is 0.433. The molecule has 0 aliphatic heterocycles. The van der Waals surface area contributed by atoms with Crippen molar-refractivity contribution in [2.24, 2.45) is 0 Å². The van der Waals surface area contributed by atoms with Gasteiger partial charge in [-0.1, -0.05) is 0 Å². The molecule has 8 heteroatoms. The summed E-state index contributed by atoms with van der Waals surface area (Å²) in [4.78, 5) is -0.960. The van der Waals surface area contributed by atoms with Crippen molar-refractivity contribution in [3.05, 3.63) is 30.3 Å². The first-order valence-electron chi connectivity index (χ1n) is 5.26. The summed E-state index contributed by atoms with van der Waals surface area (Å²) in [5.41, 5.74) is -0.771. The van der Waals surface area contributed by atoms with Gasteiger partial charge in [0, 0.05) is 5.56 Å². The smallest absolute Gasteiger partial charge is 0.298 e. The van der Waals surface area contributed by atoms with Crippen molar-refractivity contribution in [2.75, 3.05) is 0 Å². The summed E-state index contributed by atoms with van der Waals surface area (Å²) < 4.78 is 31.8. The minimum Gasteiger partial charge on any atom is -0.508 e. The first kappa shape index (κ1) is 14.0. The highest BCUT2D eigenvalue weighted by atomic mass is 32.2. The van der Waals surface area contributed by atoms with E-state index >= 15 is 0 Å². The normalized spacial score (nSPS) is 11.4. The van der Waals surface area contributed by atoms with Crippen LogP contribution in [0.5, 0.6) is 23.0 Å². The molecule has 0 saturated heterocycles. The molecule has 0 fully saturated rings. The molecule has 0 amide bonds. The zero-order chi connectivity index (χ0) is 15.1. The van der Waals surface area contributed by atoms with Gasteiger partial charge in [-0.25, -0.2) is 0 Å². The molecule has 20 heavy (non-hydrogen) atoms. The molecule has 0 aliphatic rings. The molecule has 2 aromatic carbocycles. The summed E-state index contributed by atoms with van der Waals surface area (Å²) in [5, 5.41) is 38.4. The summed E-state index contributed by atoms with van der Waals surface area (Å²) in [7, 11) is -4.87. The summed E-state index contributed by atoms with van der Waals surface area (Å²) >= 11 is 0. The van der Waals surface area contributed by atoms with E-state index in [1.165, 1.54) is 0 Å². The Morgan fingerprint density at radius 2 is 1.35 bits per heavy atom. The fourth-order valence-electron chi connectivity index (χ4n) is 1.81. The van der Waals surface area contributed by atoms with Crippen LogP contribution in [0.25, 0.3) is 11.1 Å². The monoisotopic (exact) mass is 298 g/mol. The van der Waals surface area contributed by atoms with Gasteiger partial charge in [0.1, 0.15) is 27.9 Å². The van der Waals surface area contributed by atoms with Gasteiger partial charge in [-0.05, 0) is 30.3 Å². The van der Waals surface area contributed by atoms with Crippen molar-refractivity contribution >= 4 is 10.1 Å². The maximum atomic E-state index is 11.3. The van der Waals surface area contributed by atoms with Crippen molar-refractivity contribution in [2.45, 2.75) is 4.90 Å². The Hall–Kier alpha value is -2.45. The van der Waals surface area contributed by atoms with Gasteiger partial charge in [-0.2, -0.15) is 8.42 Å². The van der Waals surface area contributed by atoms with E-state index in [-0.39, 0.29) is 11.3 Å². The molecule has 5 N–H and O–H groups in total. The molecule has 0 unspecified atom stereocenters. The molecule has 0 aliphatic carbocycles. The summed E-state index contributed by atoms with van der Waals surface area (Å²) in [6.07, 6.45) is 0. The van der Waals surface area contributed by atoms with Gasteiger partial charge in [0.2, 0.25) is 0 Å². The van der Waals surface area contributed by atoms with E-state index in [1.807, 2.05) is 0 Å². The molecule has 0 bridgehead atoms. The van der Waals surface area contributed by atoms with E-state index in [9.17, 15) is 28.8 Å². The lowest BCUT2D eigenvalue weighted by atomic mass is 10.0. The van der Waals surface area contributed by atoms with Crippen LogP contribution in [0.3, 0.4) is 0 Å².